The van der Waals surface area contributed by atoms with Crippen molar-refractivity contribution in [3.63, 3.8) is 0 Å². The standard InChI is InChI=1S/C17H15N3/c1-3-11-15-9-18-20-10(2)13(15)8-14-12-6-4-5-7-16(12)19-17(11)14/h4-9,20H,3H2,1-2H3. The van der Waals surface area contributed by atoms with E-state index in [1.807, 2.05) is 12.3 Å². The van der Waals surface area contributed by atoms with Crippen molar-refractivity contribution in [1.29, 1.82) is 0 Å². The number of aromatic nitrogens is 3. The second kappa shape index (κ2) is 4.04. The number of hydrogen-bond acceptors (Lipinski definition) is 2. The summed E-state index contributed by atoms with van der Waals surface area (Å²) in [5.74, 6) is 0. The van der Waals surface area contributed by atoms with Crippen molar-refractivity contribution < 1.29 is 0 Å². The highest BCUT2D eigenvalue weighted by Gasteiger charge is 2.13. The van der Waals surface area contributed by atoms with Crippen LogP contribution in [-0.4, -0.2) is 15.2 Å². The van der Waals surface area contributed by atoms with Crippen LogP contribution >= 0.6 is 0 Å². The zero-order chi connectivity index (χ0) is 13.7. The van der Waals surface area contributed by atoms with Crippen LogP contribution in [0, 0.1) is 6.92 Å². The molecule has 0 aliphatic heterocycles. The molecule has 0 spiro atoms. The fraction of sp³-hybridized carbons (Fsp3) is 0.176. The number of H-pyrrole nitrogens is 1. The average Bonchev–Trinajstić information content (AvgIpc) is 2.84. The molecule has 1 N–H and O–H groups in total. The van der Waals surface area contributed by atoms with Crippen molar-refractivity contribution in [2.24, 2.45) is 0 Å². The Hall–Kier alpha value is -2.42. The molecule has 0 saturated heterocycles. The molecule has 20 heavy (non-hydrogen) atoms. The van der Waals surface area contributed by atoms with Gasteiger partial charge in [-0.3, -0.25) is 5.10 Å². The van der Waals surface area contributed by atoms with E-state index in [9.17, 15) is 0 Å². The predicted octanol–water partition coefficient (Wildman–Crippen LogP) is 4.14. The summed E-state index contributed by atoms with van der Waals surface area (Å²) >= 11 is 0. The molecular formula is C17H15N3. The number of aromatic amines is 1. The van der Waals surface area contributed by atoms with Gasteiger partial charge in [0.15, 0.2) is 0 Å². The number of hydrogen-bond donors (Lipinski definition) is 1. The van der Waals surface area contributed by atoms with Gasteiger partial charge in [-0.2, -0.15) is 5.10 Å². The van der Waals surface area contributed by atoms with Gasteiger partial charge in [-0.1, -0.05) is 25.1 Å². The van der Waals surface area contributed by atoms with Crippen LogP contribution in [0.15, 0.2) is 36.5 Å². The topological polar surface area (TPSA) is 41.6 Å². The van der Waals surface area contributed by atoms with E-state index >= 15 is 0 Å². The number of benzene rings is 2. The highest BCUT2D eigenvalue weighted by Crippen LogP contribution is 2.33. The lowest BCUT2D eigenvalue weighted by Crippen LogP contribution is -1.93. The van der Waals surface area contributed by atoms with E-state index < -0.39 is 0 Å². The van der Waals surface area contributed by atoms with Crippen molar-refractivity contribution >= 4 is 32.6 Å². The lowest BCUT2D eigenvalue weighted by molar-refractivity contribution is 0.999. The van der Waals surface area contributed by atoms with Gasteiger partial charge >= 0.3 is 0 Å². The van der Waals surface area contributed by atoms with E-state index in [0.717, 1.165) is 23.1 Å². The number of para-hydroxylation sites is 1. The molecule has 3 nitrogen and oxygen atoms in total. The van der Waals surface area contributed by atoms with Gasteiger partial charge in [0.1, 0.15) is 0 Å². The van der Waals surface area contributed by atoms with Crippen LogP contribution in [0.5, 0.6) is 0 Å². The molecule has 0 amide bonds. The van der Waals surface area contributed by atoms with E-state index in [0.29, 0.717) is 0 Å². The first-order valence-corrected chi connectivity index (χ1v) is 6.93. The Bertz CT molecular complexity index is 951. The molecule has 2 aromatic heterocycles. The van der Waals surface area contributed by atoms with Gasteiger partial charge in [-0.25, -0.2) is 4.98 Å². The lowest BCUT2D eigenvalue weighted by atomic mass is 9.99. The summed E-state index contributed by atoms with van der Waals surface area (Å²) in [7, 11) is 0. The first kappa shape index (κ1) is 11.4. The molecule has 4 aromatic rings. The summed E-state index contributed by atoms with van der Waals surface area (Å²) < 4.78 is 0. The Balaban J connectivity index is 2.32. The molecule has 0 fully saturated rings. The number of rotatable bonds is 1. The molecule has 2 heterocycles. The quantitative estimate of drug-likeness (QED) is 0.559. The maximum atomic E-state index is 4.83. The summed E-state index contributed by atoms with van der Waals surface area (Å²) in [4.78, 5) is 4.83. The van der Waals surface area contributed by atoms with Crippen molar-refractivity contribution in [2.75, 3.05) is 0 Å². The third-order valence-corrected chi connectivity index (χ3v) is 4.05. The molecule has 2 aromatic carbocycles. The summed E-state index contributed by atoms with van der Waals surface area (Å²) in [5, 5.41) is 12.2. The number of fused-ring (bicyclic) bond motifs is 4. The van der Waals surface area contributed by atoms with Crippen LogP contribution < -0.4 is 0 Å². The molecule has 4 rings (SSSR count). The predicted molar refractivity (Wildman–Crippen MR) is 83.0 cm³/mol. The number of nitrogens with zero attached hydrogens (tertiary/aromatic N) is 2. The van der Waals surface area contributed by atoms with Gasteiger partial charge in [0.05, 0.1) is 17.2 Å². The van der Waals surface area contributed by atoms with Crippen LogP contribution in [0.25, 0.3) is 32.6 Å². The molecule has 0 radical (unpaired) electrons. The molecule has 3 heteroatoms. The smallest absolute Gasteiger partial charge is 0.0755 e. The maximum Gasteiger partial charge on any atom is 0.0755 e. The fourth-order valence-electron chi connectivity index (χ4n) is 3.06. The molecule has 0 bridgehead atoms. The van der Waals surface area contributed by atoms with E-state index in [4.69, 9.17) is 4.98 Å². The Labute approximate surface area is 116 Å². The molecule has 0 atom stereocenters. The minimum absolute atomic E-state index is 0.961. The van der Waals surface area contributed by atoms with Crippen LogP contribution in [0.1, 0.15) is 18.2 Å². The zero-order valence-corrected chi connectivity index (χ0v) is 11.6. The first-order chi connectivity index (χ1) is 9.79. The molecular weight excluding hydrogens is 246 g/mol. The van der Waals surface area contributed by atoms with Crippen LogP contribution in [0.3, 0.4) is 0 Å². The van der Waals surface area contributed by atoms with Gasteiger partial charge in [-0.15, -0.1) is 0 Å². The van der Waals surface area contributed by atoms with Crippen molar-refractivity contribution in [2.45, 2.75) is 20.3 Å². The Morgan fingerprint density at radius 3 is 2.75 bits per heavy atom. The van der Waals surface area contributed by atoms with Gasteiger partial charge < -0.3 is 0 Å². The average molecular weight is 261 g/mol. The monoisotopic (exact) mass is 261 g/mol. The van der Waals surface area contributed by atoms with Crippen LogP contribution in [0.2, 0.25) is 0 Å². The normalized spacial score (nSPS) is 11.7. The highest BCUT2D eigenvalue weighted by molar-refractivity contribution is 6.14. The minimum Gasteiger partial charge on any atom is -0.282 e. The van der Waals surface area contributed by atoms with Crippen molar-refractivity contribution in [1.82, 2.24) is 15.2 Å². The summed E-state index contributed by atoms with van der Waals surface area (Å²) in [6.45, 7) is 4.25. The molecule has 98 valence electrons. The van der Waals surface area contributed by atoms with E-state index in [1.54, 1.807) is 0 Å². The van der Waals surface area contributed by atoms with E-state index in [2.05, 4.69) is 48.3 Å². The number of aryl methyl sites for hydroxylation is 2. The number of nitrogens with one attached hydrogen (secondary N) is 1. The van der Waals surface area contributed by atoms with E-state index in [1.165, 1.54) is 27.1 Å². The summed E-state index contributed by atoms with van der Waals surface area (Å²) in [6.07, 6.45) is 2.88. The second-order valence-corrected chi connectivity index (χ2v) is 5.19. The van der Waals surface area contributed by atoms with E-state index in [-0.39, 0.29) is 0 Å². The lowest BCUT2D eigenvalue weighted by Gasteiger charge is -2.08. The molecule has 0 aliphatic rings. The third kappa shape index (κ3) is 1.40. The maximum absolute atomic E-state index is 4.83. The zero-order valence-electron chi connectivity index (χ0n) is 11.6. The first-order valence-electron chi connectivity index (χ1n) is 6.93. The Morgan fingerprint density at radius 1 is 1.05 bits per heavy atom. The minimum atomic E-state index is 0.961. The SMILES string of the molecule is CCc1c2cn[nH]c(C)c2cc2c1nc1ccccc12. The summed E-state index contributed by atoms with van der Waals surface area (Å²) in [6, 6.07) is 10.6. The Morgan fingerprint density at radius 2 is 1.90 bits per heavy atom. The van der Waals surface area contributed by atoms with Gasteiger partial charge in [0, 0.05) is 27.2 Å². The largest absolute Gasteiger partial charge is 0.282 e. The van der Waals surface area contributed by atoms with Crippen molar-refractivity contribution in [3.05, 3.63) is 47.8 Å². The highest BCUT2D eigenvalue weighted by atomic mass is 15.1. The van der Waals surface area contributed by atoms with Crippen molar-refractivity contribution in [3.8, 4) is 0 Å². The summed E-state index contributed by atoms with van der Waals surface area (Å²) in [5.41, 5.74) is 4.58. The second-order valence-electron chi connectivity index (χ2n) is 5.19. The Kier molecular flexibility index (Phi) is 2.30. The molecule has 0 unspecified atom stereocenters. The fourth-order valence-corrected chi connectivity index (χ4v) is 3.06. The van der Waals surface area contributed by atoms with Gasteiger partial charge in [-0.05, 0) is 31.0 Å². The van der Waals surface area contributed by atoms with Crippen LogP contribution in [-0.2, 0) is 6.42 Å². The van der Waals surface area contributed by atoms with Gasteiger partial charge in [0.2, 0.25) is 0 Å². The van der Waals surface area contributed by atoms with Gasteiger partial charge in [0.25, 0.3) is 0 Å². The third-order valence-electron chi connectivity index (χ3n) is 4.05. The van der Waals surface area contributed by atoms with Crippen LogP contribution in [0.4, 0.5) is 0 Å². The molecule has 0 aliphatic carbocycles. The molecule has 0 saturated carbocycles.